The topological polar surface area (TPSA) is 98.2 Å². The average molecular weight is 243 g/mol. The fourth-order valence-corrected chi connectivity index (χ4v) is 1.88. The molecule has 1 aromatic heterocycles. The molecule has 0 saturated heterocycles. The summed E-state index contributed by atoms with van der Waals surface area (Å²) in [6.07, 6.45) is 1.63. The molecule has 2 amide bonds. The summed E-state index contributed by atoms with van der Waals surface area (Å²) in [5, 5.41) is 2.74. The molecule has 6 heteroatoms. The SMILES string of the molecule is NC(=O)c1cnc(-c2ccc3c(c2)CC(=O)N3)o1. The minimum atomic E-state index is -0.660. The molecule has 3 rings (SSSR count). The van der Waals surface area contributed by atoms with E-state index >= 15 is 0 Å². The number of amides is 2. The van der Waals surface area contributed by atoms with Gasteiger partial charge in [0.1, 0.15) is 0 Å². The van der Waals surface area contributed by atoms with Crippen molar-refractivity contribution in [1.29, 1.82) is 0 Å². The van der Waals surface area contributed by atoms with E-state index in [4.69, 9.17) is 10.2 Å². The van der Waals surface area contributed by atoms with Gasteiger partial charge in [0.2, 0.25) is 17.6 Å². The van der Waals surface area contributed by atoms with Gasteiger partial charge in [0.05, 0.1) is 12.6 Å². The van der Waals surface area contributed by atoms with Crippen LogP contribution in [0, 0.1) is 0 Å². The molecule has 2 heterocycles. The van der Waals surface area contributed by atoms with Crippen LogP contribution in [0.1, 0.15) is 16.1 Å². The number of oxazole rings is 1. The van der Waals surface area contributed by atoms with Gasteiger partial charge in [-0.3, -0.25) is 9.59 Å². The van der Waals surface area contributed by atoms with E-state index < -0.39 is 5.91 Å². The molecule has 0 bridgehead atoms. The Balaban J connectivity index is 2.00. The first-order chi connectivity index (χ1) is 8.63. The number of benzene rings is 1. The highest BCUT2D eigenvalue weighted by Crippen LogP contribution is 2.28. The number of rotatable bonds is 2. The van der Waals surface area contributed by atoms with Crippen molar-refractivity contribution in [3.63, 3.8) is 0 Å². The third-order valence-electron chi connectivity index (χ3n) is 2.73. The number of nitrogens with zero attached hydrogens (tertiary/aromatic N) is 1. The lowest BCUT2D eigenvalue weighted by molar-refractivity contribution is -0.115. The van der Waals surface area contributed by atoms with Crippen molar-refractivity contribution in [1.82, 2.24) is 4.98 Å². The highest BCUT2D eigenvalue weighted by Gasteiger charge is 2.19. The van der Waals surface area contributed by atoms with Crippen molar-refractivity contribution >= 4 is 17.5 Å². The highest BCUT2D eigenvalue weighted by atomic mass is 16.4. The predicted molar refractivity (Wildman–Crippen MR) is 62.8 cm³/mol. The fraction of sp³-hybridized carbons (Fsp3) is 0.0833. The molecule has 2 aromatic rings. The number of primary amides is 1. The van der Waals surface area contributed by atoms with Crippen LogP contribution in [0.15, 0.2) is 28.8 Å². The fourth-order valence-electron chi connectivity index (χ4n) is 1.88. The standard InChI is InChI=1S/C12H9N3O3/c13-11(17)9-5-14-12(18-9)6-1-2-8-7(3-6)4-10(16)15-8/h1-3,5H,4H2,(H2,13,17)(H,15,16). The quantitative estimate of drug-likeness (QED) is 0.819. The number of carbonyl (C=O) groups excluding carboxylic acids is 2. The minimum absolute atomic E-state index is 0.0136. The van der Waals surface area contributed by atoms with Crippen LogP contribution in [-0.4, -0.2) is 16.8 Å². The molecule has 0 atom stereocenters. The molecule has 1 aromatic carbocycles. The van der Waals surface area contributed by atoms with Crippen molar-refractivity contribution in [3.8, 4) is 11.5 Å². The maximum absolute atomic E-state index is 11.2. The number of anilines is 1. The average Bonchev–Trinajstić information content (AvgIpc) is 2.91. The van der Waals surface area contributed by atoms with E-state index in [2.05, 4.69) is 10.3 Å². The molecule has 3 N–H and O–H groups in total. The molecule has 6 nitrogen and oxygen atoms in total. The van der Waals surface area contributed by atoms with E-state index in [1.165, 1.54) is 6.20 Å². The molecular weight excluding hydrogens is 234 g/mol. The third kappa shape index (κ3) is 1.64. The lowest BCUT2D eigenvalue weighted by atomic mass is 10.1. The minimum Gasteiger partial charge on any atom is -0.431 e. The van der Waals surface area contributed by atoms with Gasteiger partial charge in [-0.1, -0.05) is 0 Å². The third-order valence-corrected chi connectivity index (χ3v) is 2.73. The Bertz CT molecular complexity index is 660. The second kappa shape index (κ2) is 3.69. The number of nitrogens with one attached hydrogen (secondary N) is 1. The molecule has 18 heavy (non-hydrogen) atoms. The van der Waals surface area contributed by atoms with Crippen LogP contribution in [0.4, 0.5) is 5.69 Å². The van der Waals surface area contributed by atoms with E-state index in [0.29, 0.717) is 17.9 Å². The molecule has 1 aliphatic rings. The van der Waals surface area contributed by atoms with Gasteiger partial charge < -0.3 is 15.5 Å². The summed E-state index contributed by atoms with van der Waals surface area (Å²) in [7, 11) is 0. The predicted octanol–water partition coefficient (Wildman–Crippen LogP) is 0.935. The number of aromatic nitrogens is 1. The Kier molecular flexibility index (Phi) is 2.16. The first kappa shape index (κ1) is 10.5. The van der Waals surface area contributed by atoms with Crippen LogP contribution < -0.4 is 11.1 Å². The Labute approximate surface area is 102 Å². The lowest BCUT2D eigenvalue weighted by Crippen LogP contribution is -2.09. The van der Waals surface area contributed by atoms with Gasteiger partial charge in [-0.05, 0) is 23.8 Å². The molecular formula is C12H9N3O3. The second-order valence-electron chi connectivity index (χ2n) is 3.99. The zero-order valence-corrected chi connectivity index (χ0v) is 9.27. The maximum Gasteiger partial charge on any atom is 0.286 e. The van der Waals surface area contributed by atoms with Crippen LogP contribution in [0.25, 0.3) is 11.5 Å². The summed E-state index contributed by atoms with van der Waals surface area (Å²) in [6, 6.07) is 5.36. The van der Waals surface area contributed by atoms with Crippen LogP contribution in [0.3, 0.4) is 0 Å². The van der Waals surface area contributed by atoms with Gasteiger partial charge in [-0.15, -0.1) is 0 Å². The highest BCUT2D eigenvalue weighted by molar-refractivity contribution is 5.99. The van der Waals surface area contributed by atoms with Gasteiger partial charge in [-0.2, -0.15) is 0 Å². The van der Waals surface area contributed by atoms with Gasteiger partial charge in [0.25, 0.3) is 5.91 Å². The lowest BCUT2D eigenvalue weighted by Gasteiger charge is -2.00. The molecule has 0 fully saturated rings. The first-order valence-corrected chi connectivity index (χ1v) is 5.32. The van der Waals surface area contributed by atoms with Crippen molar-refractivity contribution in [3.05, 3.63) is 35.7 Å². The van der Waals surface area contributed by atoms with Gasteiger partial charge in [-0.25, -0.2) is 4.98 Å². The van der Waals surface area contributed by atoms with Crippen molar-refractivity contribution in [2.24, 2.45) is 5.73 Å². The summed E-state index contributed by atoms with van der Waals surface area (Å²) >= 11 is 0. The van der Waals surface area contributed by atoms with Crippen LogP contribution in [-0.2, 0) is 11.2 Å². The van der Waals surface area contributed by atoms with Crippen molar-refractivity contribution in [2.75, 3.05) is 5.32 Å². The number of hydrogen-bond acceptors (Lipinski definition) is 4. The van der Waals surface area contributed by atoms with Gasteiger partial charge in [0.15, 0.2) is 0 Å². The number of fused-ring (bicyclic) bond motifs is 1. The molecule has 0 radical (unpaired) electrons. The van der Waals surface area contributed by atoms with E-state index in [1.807, 2.05) is 6.07 Å². The number of carbonyl (C=O) groups is 2. The molecule has 0 saturated carbocycles. The summed E-state index contributed by atoms with van der Waals surface area (Å²) in [5.74, 6) is -0.371. The van der Waals surface area contributed by atoms with Crippen molar-refractivity contribution in [2.45, 2.75) is 6.42 Å². The first-order valence-electron chi connectivity index (χ1n) is 5.32. The van der Waals surface area contributed by atoms with Gasteiger partial charge in [0, 0.05) is 11.3 Å². The molecule has 0 aliphatic carbocycles. The van der Waals surface area contributed by atoms with Crippen molar-refractivity contribution < 1.29 is 14.0 Å². The monoisotopic (exact) mass is 243 g/mol. The molecule has 90 valence electrons. The summed E-state index contributed by atoms with van der Waals surface area (Å²) < 4.78 is 5.23. The van der Waals surface area contributed by atoms with E-state index in [9.17, 15) is 9.59 Å². The van der Waals surface area contributed by atoms with E-state index in [-0.39, 0.29) is 11.7 Å². The molecule has 0 unspecified atom stereocenters. The Morgan fingerprint density at radius 3 is 3.00 bits per heavy atom. The normalized spacial score (nSPS) is 13.2. The molecule has 0 spiro atoms. The number of nitrogens with two attached hydrogens (primary N) is 1. The Morgan fingerprint density at radius 2 is 2.28 bits per heavy atom. The summed E-state index contributed by atoms with van der Waals surface area (Å²) in [4.78, 5) is 26.1. The smallest absolute Gasteiger partial charge is 0.286 e. The summed E-state index contributed by atoms with van der Waals surface area (Å²) in [6.45, 7) is 0. The zero-order valence-electron chi connectivity index (χ0n) is 9.27. The van der Waals surface area contributed by atoms with Gasteiger partial charge >= 0.3 is 0 Å². The maximum atomic E-state index is 11.2. The van der Waals surface area contributed by atoms with Crippen LogP contribution in [0.5, 0.6) is 0 Å². The molecule has 1 aliphatic heterocycles. The van der Waals surface area contributed by atoms with Crippen LogP contribution >= 0.6 is 0 Å². The zero-order chi connectivity index (χ0) is 12.7. The second-order valence-corrected chi connectivity index (χ2v) is 3.99. The number of hydrogen-bond donors (Lipinski definition) is 2. The Hall–Kier alpha value is -2.63. The van der Waals surface area contributed by atoms with Crippen LogP contribution in [0.2, 0.25) is 0 Å². The Morgan fingerprint density at radius 1 is 1.44 bits per heavy atom. The summed E-state index contributed by atoms with van der Waals surface area (Å²) in [5.41, 5.74) is 7.47. The largest absolute Gasteiger partial charge is 0.431 e. The van der Waals surface area contributed by atoms with E-state index in [0.717, 1.165) is 11.3 Å². The van der Waals surface area contributed by atoms with E-state index in [1.54, 1.807) is 12.1 Å².